The van der Waals surface area contributed by atoms with Crippen molar-refractivity contribution < 1.29 is 4.42 Å². The number of hydrogen-bond acceptors (Lipinski definition) is 5. The number of thiophene rings is 1. The highest BCUT2D eigenvalue weighted by atomic mass is 32.1. The zero-order chi connectivity index (χ0) is 13.1. The van der Waals surface area contributed by atoms with Crippen molar-refractivity contribution in [2.24, 2.45) is 0 Å². The standard InChI is InChI=1S/C14H8N2OS2/c15-8-10(7-11-3-2-6-18-11)14-16-12(9-19-14)13-4-1-5-17-13/h1-7,9H/b10-7+. The monoisotopic (exact) mass is 284 g/mol. The summed E-state index contributed by atoms with van der Waals surface area (Å²) in [5, 5.41) is 13.8. The van der Waals surface area contributed by atoms with E-state index >= 15 is 0 Å². The average molecular weight is 284 g/mol. The van der Waals surface area contributed by atoms with Gasteiger partial charge in [-0.1, -0.05) is 6.07 Å². The van der Waals surface area contributed by atoms with Crippen molar-refractivity contribution in [2.45, 2.75) is 0 Å². The number of rotatable bonds is 3. The Labute approximate surface area is 118 Å². The second-order valence-electron chi connectivity index (χ2n) is 3.70. The van der Waals surface area contributed by atoms with Gasteiger partial charge in [0.05, 0.1) is 11.8 Å². The SMILES string of the molecule is N#C/C(=C\c1cccs1)c1nc(-c2ccco2)cs1. The van der Waals surface area contributed by atoms with Gasteiger partial charge >= 0.3 is 0 Å². The molecule has 3 heterocycles. The van der Waals surface area contributed by atoms with Crippen molar-refractivity contribution >= 4 is 34.3 Å². The highest BCUT2D eigenvalue weighted by molar-refractivity contribution is 7.12. The highest BCUT2D eigenvalue weighted by Gasteiger charge is 2.10. The summed E-state index contributed by atoms with van der Waals surface area (Å²) < 4.78 is 5.30. The third kappa shape index (κ3) is 2.50. The fourth-order valence-electron chi connectivity index (χ4n) is 1.59. The van der Waals surface area contributed by atoms with Crippen LogP contribution in [-0.4, -0.2) is 4.98 Å². The maximum atomic E-state index is 9.25. The van der Waals surface area contributed by atoms with Crippen molar-refractivity contribution in [3.8, 4) is 17.5 Å². The van der Waals surface area contributed by atoms with E-state index in [0.717, 1.165) is 16.3 Å². The Morgan fingerprint density at radius 3 is 2.95 bits per heavy atom. The topological polar surface area (TPSA) is 49.8 Å². The van der Waals surface area contributed by atoms with Gasteiger partial charge in [0, 0.05) is 10.3 Å². The predicted octanol–water partition coefficient (Wildman–Crippen LogP) is 4.53. The van der Waals surface area contributed by atoms with Gasteiger partial charge in [-0.2, -0.15) is 5.26 Å². The van der Waals surface area contributed by atoms with Crippen LogP contribution in [-0.2, 0) is 0 Å². The molecule has 0 radical (unpaired) electrons. The highest BCUT2D eigenvalue weighted by Crippen LogP contribution is 2.27. The smallest absolute Gasteiger partial charge is 0.153 e. The molecule has 0 aliphatic heterocycles. The van der Waals surface area contributed by atoms with E-state index in [4.69, 9.17) is 4.42 Å². The summed E-state index contributed by atoms with van der Waals surface area (Å²) in [6.07, 6.45) is 3.47. The fourth-order valence-corrected chi connectivity index (χ4v) is 3.02. The lowest BCUT2D eigenvalue weighted by Gasteiger charge is -1.91. The van der Waals surface area contributed by atoms with Gasteiger partial charge in [-0.25, -0.2) is 4.98 Å². The Kier molecular flexibility index (Phi) is 3.27. The maximum Gasteiger partial charge on any atom is 0.153 e. The molecule has 19 heavy (non-hydrogen) atoms. The van der Waals surface area contributed by atoms with Crippen LogP contribution in [0.25, 0.3) is 23.1 Å². The number of allylic oxidation sites excluding steroid dienone is 1. The molecule has 0 unspecified atom stereocenters. The van der Waals surface area contributed by atoms with Crippen molar-refractivity contribution in [3.63, 3.8) is 0 Å². The molecule has 0 spiro atoms. The molecule has 3 nitrogen and oxygen atoms in total. The van der Waals surface area contributed by atoms with Crippen LogP contribution in [0.2, 0.25) is 0 Å². The van der Waals surface area contributed by atoms with Crippen LogP contribution in [0.15, 0.2) is 45.7 Å². The van der Waals surface area contributed by atoms with E-state index in [0.29, 0.717) is 10.6 Å². The van der Waals surface area contributed by atoms with Gasteiger partial charge in [-0.15, -0.1) is 22.7 Å². The summed E-state index contributed by atoms with van der Waals surface area (Å²) in [5.74, 6) is 0.718. The number of nitrogens with zero attached hydrogens (tertiary/aromatic N) is 2. The van der Waals surface area contributed by atoms with Gasteiger partial charge in [0.25, 0.3) is 0 Å². The molecule has 0 aliphatic carbocycles. The summed E-state index contributed by atoms with van der Waals surface area (Å²) >= 11 is 3.04. The number of nitriles is 1. The van der Waals surface area contributed by atoms with Gasteiger partial charge in [0.1, 0.15) is 16.8 Å². The lowest BCUT2D eigenvalue weighted by Crippen LogP contribution is -1.80. The fraction of sp³-hybridized carbons (Fsp3) is 0. The minimum atomic E-state index is 0.574. The number of aromatic nitrogens is 1. The summed E-state index contributed by atoms with van der Waals surface area (Å²) in [5.41, 5.74) is 1.34. The van der Waals surface area contributed by atoms with Crippen molar-refractivity contribution in [1.29, 1.82) is 5.26 Å². The van der Waals surface area contributed by atoms with Crippen LogP contribution in [0.3, 0.4) is 0 Å². The average Bonchev–Trinajstić information content (AvgIpc) is 3.15. The predicted molar refractivity (Wildman–Crippen MR) is 77.6 cm³/mol. The van der Waals surface area contributed by atoms with Crippen LogP contribution < -0.4 is 0 Å². The quantitative estimate of drug-likeness (QED) is 0.664. The van der Waals surface area contributed by atoms with Gasteiger partial charge in [0.15, 0.2) is 5.76 Å². The molecule has 0 saturated carbocycles. The van der Waals surface area contributed by atoms with E-state index < -0.39 is 0 Å². The molecular formula is C14H8N2OS2. The molecule has 5 heteroatoms. The Bertz CT molecular complexity index is 731. The van der Waals surface area contributed by atoms with Gasteiger partial charge < -0.3 is 4.42 Å². The first kappa shape index (κ1) is 11.9. The van der Waals surface area contributed by atoms with E-state index in [1.807, 2.05) is 41.1 Å². The Morgan fingerprint density at radius 2 is 2.26 bits per heavy atom. The molecule has 0 fully saturated rings. The van der Waals surface area contributed by atoms with Crippen LogP contribution in [0.5, 0.6) is 0 Å². The first-order valence-corrected chi connectivity index (χ1v) is 7.28. The Morgan fingerprint density at radius 1 is 1.32 bits per heavy atom. The summed E-state index contributed by atoms with van der Waals surface area (Å²) in [7, 11) is 0. The van der Waals surface area contributed by atoms with Crippen LogP contribution in [0, 0.1) is 11.3 Å². The first-order valence-electron chi connectivity index (χ1n) is 5.52. The third-order valence-corrected chi connectivity index (χ3v) is 4.15. The zero-order valence-electron chi connectivity index (χ0n) is 9.74. The van der Waals surface area contributed by atoms with E-state index in [1.165, 1.54) is 11.3 Å². The molecule has 0 amide bonds. The van der Waals surface area contributed by atoms with E-state index in [9.17, 15) is 5.26 Å². The van der Waals surface area contributed by atoms with Gasteiger partial charge in [0.2, 0.25) is 0 Å². The lowest BCUT2D eigenvalue weighted by molar-refractivity contribution is 0.580. The van der Waals surface area contributed by atoms with Crippen molar-refractivity contribution in [1.82, 2.24) is 4.98 Å². The zero-order valence-corrected chi connectivity index (χ0v) is 11.4. The lowest BCUT2D eigenvalue weighted by atomic mass is 10.2. The Balaban J connectivity index is 1.96. The molecule has 0 bridgehead atoms. The molecule has 3 rings (SSSR count). The molecule has 0 aliphatic rings. The normalized spacial score (nSPS) is 11.4. The minimum absolute atomic E-state index is 0.574. The third-order valence-electron chi connectivity index (χ3n) is 2.46. The molecule has 0 N–H and O–H groups in total. The van der Waals surface area contributed by atoms with E-state index in [-0.39, 0.29) is 0 Å². The number of furan rings is 1. The second-order valence-corrected chi connectivity index (χ2v) is 5.54. The maximum absolute atomic E-state index is 9.25. The largest absolute Gasteiger partial charge is 0.463 e. The second kappa shape index (κ2) is 5.22. The summed E-state index contributed by atoms with van der Waals surface area (Å²) in [4.78, 5) is 5.49. The molecule has 0 atom stereocenters. The summed E-state index contributed by atoms with van der Waals surface area (Å²) in [6.45, 7) is 0. The van der Waals surface area contributed by atoms with Gasteiger partial charge in [-0.3, -0.25) is 0 Å². The molecule has 3 aromatic rings. The van der Waals surface area contributed by atoms with Gasteiger partial charge in [-0.05, 0) is 29.7 Å². The van der Waals surface area contributed by atoms with Crippen molar-refractivity contribution in [2.75, 3.05) is 0 Å². The van der Waals surface area contributed by atoms with E-state index in [1.54, 1.807) is 17.6 Å². The molecule has 92 valence electrons. The summed E-state index contributed by atoms with van der Waals surface area (Å²) in [6, 6.07) is 9.81. The van der Waals surface area contributed by atoms with Crippen molar-refractivity contribution in [3.05, 3.63) is 51.2 Å². The number of thiazole rings is 1. The van der Waals surface area contributed by atoms with Crippen LogP contribution >= 0.6 is 22.7 Å². The molecule has 0 aromatic carbocycles. The molecule has 3 aromatic heterocycles. The minimum Gasteiger partial charge on any atom is -0.463 e. The molecule has 0 saturated heterocycles. The van der Waals surface area contributed by atoms with Crippen LogP contribution in [0.4, 0.5) is 0 Å². The number of hydrogen-bond donors (Lipinski definition) is 0. The van der Waals surface area contributed by atoms with Crippen LogP contribution in [0.1, 0.15) is 9.88 Å². The van der Waals surface area contributed by atoms with E-state index in [2.05, 4.69) is 11.1 Å². The first-order chi connectivity index (χ1) is 9.36. The molecular weight excluding hydrogens is 276 g/mol. The Hall–Kier alpha value is -2.16.